The summed E-state index contributed by atoms with van der Waals surface area (Å²) in [5.74, 6) is 0. The van der Waals surface area contributed by atoms with E-state index in [1.54, 1.807) is 0 Å². The summed E-state index contributed by atoms with van der Waals surface area (Å²) in [4.78, 5) is 17.1. The molecule has 0 saturated carbocycles. The molecule has 0 radical (unpaired) electrons. The van der Waals surface area contributed by atoms with E-state index >= 15 is 0 Å². The molecule has 14 heavy (non-hydrogen) atoms. The van der Waals surface area contributed by atoms with Crippen molar-refractivity contribution in [1.29, 1.82) is 0 Å². The van der Waals surface area contributed by atoms with E-state index in [9.17, 15) is 0 Å². The molecule has 0 aliphatic rings. The predicted octanol–water partition coefficient (Wildman–Crippen LogP) is -1.12. The van der Waals surface area contributed by atoms with Crippen molar-refractivity contribution in [1.82, 2.24) is 0 Å². The zero-order chi connectivity index (χ0) is 11.7. The Morgan fingerprint density at radius 1 is 0.786 bits per heavy atom. The van der Waals surface area contributed by atoms with Gasteiger partial charge in [0.2, 0.25) is 0 Å². The van der Waals surface area contributed by atoms with Gasteiger partial charge in [0.15, 0.2) is 0 Å². The van der Waals surface area contributed by atoms with Gasteiger partial charge < -0.3 is 20.4 Å². The van der Waals surface area contributed by atoms with E-state index in [1.807, 2.05) is 0 Å². The first-order valence-electron chi connectivity index (χ1n) is 2.00. The summed E-state index contributed by atoms with van der Waals surface area (Å²) in [6, 6.07) is 0. The monoisotopic (exact) mass is 362 g/mol. The summed E-state index contributed by atoms with van der Waals surface area (Å²) in [6.07, 6.45) is -3.67. The standard InChI is InChI=1S/2CH2O3.Ba.H2O4S.2H/c2*2-1(3)4;;1-5(2,3)4;;/h2*(H2,2,3,4);;(H2,1,2,3,4);;. The summed E-state index contributed by atoms with van der Waals surface area (Å²) in [5.41, 5.74) is 0. The van der Waals surface area contributed by atoms with Crippen molar-refractivity contribution in [2.75, 3.05) is 0 Å². The van der Waals surface area contributed by atoms with Crippen LogP contribution in [0.4, 0.5) is 9.59 Å². The SMILES string of the molecule is O=C(O)O.O=C(O)O.O=S(=O)(O)O.[BaH2]. The van der Waals surface area contributed by atoms with Crippen molar-refractivity contribution in [2.24, 2.45) is 0 Å². The third kappa shape index (κ3) is 4190000. The van der Waals surface area contributed by atoms with Crippen LogP contribution in [0.25, 0.3) is 0 Å². The summed E-state index contributed by atoms with van der Waals surface area (Å²) in [7, 11) is -4.67. The van der Waals surface area contributed by atoms with E-state index < -0.39 is 22.7 Å². The van der Waals surface area contributed by atoms with Crippen molar-refractivity contribution < 1.29 is 47.5 Å². The average Bonchev–Trinajstić information content (AvgIpc) is 1.50. The molecule has 12 heteroatoms. The Bertz CT molecular complexity index is 213. The second-order valence-corrected chi connectivity index (χ2v) is 1.91. The number of carboxylic acid groups (broad SMARTS) is 4. The molecule has 0 rings (SSSR count). The van der Waals surface area contributed by atoms with E-state index in [4.69, 9.17) is 47.5 Å². The Morgan fingerprint density at radius 3 is 0.786 bits per heavy atom. The van der Waals surface area contributed by atoms with Crippen LogP contribution in [0, 0.1) is 0 Å². The van der Waals surface area contributed by atoms with Gasteiger partial charge in [-0.2, -0.15) is 8.42 Å². The zero-order valence-corrected chi connectivity index (χ0v) is 6.54. The van der Waals surface area contributed by atoms with Crippen molar-refractivity contribution in [2.45, 2.75) is 0 Å². The molecule has 0 spiro atoms. The van der Waals surface area contributed by atoms with Crippen molar-refractivity contribution >= 4 is 71.6 Å². The van der Waals surface area contributed by atoms with E-state index in [-0.39, 0.29) is 48.9 Å². The molecule has 84 valence electrons. The topological polar surface area (TPSA) is 190 Å². The first-order chi connectivity index (χ1) is 5.46. The molecule has 0 heterocycles. The van der Waals surface area contributed by atoms with Crippen molar-refractivity contribution in [3.8, 4) is 0 Å². The molecule has 0 unspecified atom stereocenters. The molecule has 6 N–H and O–H groups in total. The van der Waals surface area contributed by atoms with Gasteiger partial charge in [-0.1, -0.05) is 0 Å². The van der Waals surface area contributed by atoms with Crippen LogP contribution in [0.15, 0.2) is 0 Å². The van der Waals surface area contributed by atoms with Gasteiger partial charge in [-0.25, -0.2) is 9.59 Å². The summed E-state index contributed by atoms with van der Waals surface area (Å²) >= 11 is 0. The average molecular weight is 361 g/mol. The van der Waals surface area contributed by atoms with Gasteiger partial charge in [-0.3, -0.25) is 9.11 Å². The van der Waals surface area contributed by atoms with E-state index in [2.05, 4.69) is 0 Å². The van der Waals surface area contributed by atoms with E-state index in [0.29, 0.717) is 0 Å². The Labute approximate surface area is 118 Å². The summed E-state index contributed by atoms with van der Waals surface area (Å²) in [6.45, 7) is 0. The molecule has 10 nitrogen and oxygen atoms in total. The maximum absolute atomic E-state index is 8.74. The molecule has 0 saturated heterocycles. The first kappa shape index (κ1) is 23.6. The molecular weight excluding hydrogens is 353 g/mol. The third-order valence-electron chi connectivity index (χ3n) is 0. The fourth-order valence-electron chi connectivity index (χ4n) is 0. The van der Waals surface area contributed by atoms with Gasteiger partial charge in [0.25, 0.3) is 0 Å². The molecule has 0 aliphatic heterocycles. The van der Waals surface area contributed by atoms with Crippen molar-refractivity contribution in [3.63, 3.8) is 0 Å². The van der Waals surface area contributed by atoms with Gasteiger partial charge in [-0.15, -0.1) is 0 Å². The molecule has 0 atom stereocenters. The van der Waals surface area contributed by atoms with Crippen LogP contribution in [-0.4, -0.2) is 99.1 Å². The molecule has 0 fully saturated rings. The molecule has 0 aromatic heterocycles. The Hall–Kier alpha value is -0.0186. The molecular formula is C2H8BaO10S. The third-order valence-corrected chi connectivity index (χ3v) is 0. The normalized spacial score (nSPS) is 7.57. The molecule has 0 bridgehead atoms. The van der Waals surface area contributed by atoms with E-state index in [0.717, 1.165) is 0 Å². The summed E-state index contributed by atoms with van der Waals surface area (Å²) < 4.78 is 31.6. The second-order valence-electron chi connectivity index (χ2n) is 1.01. The van der Waals surface area contributed by atoms with Crippen LogP contribution >= 0.6 is 0 Å². The minimum atomic E-state index is -4.67. The molecule has 0 aliphatic carbocycles. The predicted molar refractivity (Wildman–Crippen MR) is 44.0 cm³/mol. The first-order valence-corrected chi connectivity index (χ1v) is 3.40. The second kappa shape index (κ2) is 13.0. The summed E-state index contributed by atoms with van der Waals surface area (Å²) in [5, 5.41) is 27.9. The van der Waals surface area contributed by atoms with E-state index in [1.165, 1.54) is 0 Å². The van der Waals surface area contributed by atoms with Crippen molar-refractivity contribution in [3.05, 3.63) is 0 Å². The minimum absolute atomic E-state index is 0. The van der Waals surface area contributed by atoms with Gasteiger partial charge in [0.05, 0.1) is 0 Å². The zero-order valence-electron chi connectivity index (χ0n) is 5.72. The number of hydrogen-bond donors (Lipinski definition) is 6. The fraction of sp³-hybridized carbons (Fsp3) is 0. The van der Waals surface area contributed by atoms with Crippen LogP contribution in [0.5, 0.6) is 0 Å². The van der Waals surface area contributed by atoms with Gasteiger partial charge in [-0.05, 0) is 0 Å². The van der Waals surface area contributed by atoms with Crippen LogP contribution in [0.3, 0.4) is 0 Å². The maximum atomic E-state index is 8.74. The van der Waals surface area contributed by atoms with Crippen LogP contribution in [0.2, 0.25) is 0 Å². The number of carbonyl (C=O) groups is 2. The molecule has 0 aromatic rings. The van der Waals surface area contributed by atoms with Gasteiger partial charge in [0.1, 0.15) is 0 Å². The van der Waals surface area contributed by atoms with Crippen LogP contribution < -0.4 is 0 Å². The van der Waals surface area contributed by atoms with Crippen LogP contribution in [0.1, 0.15) is 0 Å². The Balaban J connectivity index is -0.0000000522. The molecule has 0 amide bonds. The Kier molecular flexibility index (Phi) is 21.9. The number of hydrogen-bond acceptors (Lipinski definition) is 4. The Morgan fingerprint density at radius 2 is 0.786 bits per heavy atom. The quantitative estimate of drug-likeness (QED) is 0.227. The molecule has 0 aromatic carbocycles. The number of rotatable bonds is 0. The fourth-order valence-corrected chi connectivity index (χ4v) is 0. The van der Waals surface area contributed by atoms with Gasteiger partial charge in [0, 0.05) is 0 Å². The van der Waals surface area contributed by atoms with Gasteiger partial charge >= 0.3 is 71.6 Å². The van der Waals surface area contributed by atoms with Crippen LogP contribution in [-0.2, 0) is 10.4 Å².